The number of amides is 2. The van der Waals surface area contributed by atoms with Crippen LogP contribution in [0.1, 0.15) is 11.3 Å². The number of nitrogens with zero attached hydrogens (tertiary/aromatic N) is 2. The number of aromatic nitrogens is 1. The lowest BCUT2D eigenvalue weighted by Crippen LogP contribution is -2.39. The molecule has 0 spiro atoms. The zero-order valence-electron chi connectivity index (χ0n) is 11.5. The summed E-state index contributed by atoms with van der Waals surface area (Å²) in [5.41, 5.74) is 6.16. The van der Waals surface area contributed by atoms with Crippen molar-refractivity contribution in [2.75, 3.05) is 0 Å². The molecule has 2 rings (SSSR count). The third-order valence-electron chi connectivity index (χ3n) is 2.95. The van der Waals surface area contributed by atoms with Gasteiger partial charge in [-0.3, -0.25) is 14.6 Å². The van der Waals surface area contributed by atoms with E-state index in [9.17, 15) is 14.0 Å². The van der Waals surface area contributed by atoms with E-state index in [1.165, 1.54) is 17.0 Å². The smallest absolute Gasteiger partial charge is 0.312 e. The average molecular weight is 322 g/mol. The number of rotatable bonds is 4. The summed E-state index contributed by atoms with van der Waals surface area (Å²) < 4.78 is 13.1. The summed E-state index contributed by atoms with van der Waals surface area (Å²) in [7, 11) is 0. The van der Waals surface area contributed by atoms with Gasteiger partial charge < -0.3 is 10.6 Å². The van der Waals surface area contributed by atoms with Crippen LogP contribution in [0.2, 0.25) is 5.02 Å². The summed E-state index contributed by atoms with van der Waals surface area (Å²) in [6.07, 6.45) is 1.58. The van der Waals surface area contributed by atoms with E-state index < -0.39 is 17.6 Å². The van der Waals surface area contributed by atoms with Crippen LogP contribution in [0.3, 0.4) is 0 Å². The number of primary amides is 1. The van der Waals surface area contributed by atoms with Crippen LogP contribution in [0.4, 0.5) is 4.39 Å². The summed E-state index contributed by atoms with van der Waals surface area (Å²) >= 11 is 5.95. The molecule has 1 heterocycles. The van der Waals surface area contributed by atoms with Crippen LogP contribution in [0.25, 0.3) is 0 Å². The molecule has 2 N–H and O–H groups in total. The first-order valence-electron chi connectivity index (χ1n) is 6.40. The zero-order chi connectivity index (χ0) is 16.1. The number of nitrogens with two attached hydrogens (primary N) is 1. The highest BCUT2D eigenvalue weighted by atomic mass is 35.5. The highest BCUT2D eigenvalue weighted by Gasteiger charge is 2.21. The highest BCUT2D eigenvalue weighted by molar-refractivity contribution is 6.34. The summed E-state index contributed by atoms with van der Waals surface area (Å²) in [6.45, 7) is 0.119. The second-order valence-corrected chi connectivity index (χ2v) is 4.99. The second-order valence-electron chi connectivity index (χ2n) is 4.58. The monoisotopic (exact) mass is 321 g/mol. The van der Waals surface area contributed by atoms with E-state index in [1.54, 1.807) is 24.4 Å². The van der Waals surface area contributed by atoms with E-state index in [1.807, 2.05) is 0 Å². The van der Waals surface area contributed by atoms with E-state index >= 15 is 0 Å². The highest BCUT2D eigenvalue weighted by Crippen LogP contribution is 2.20. The molecule has 0 saturated carbocycles. The Morgan fingerprint density at radius 3 is 2.59 bits per heavy atom. The Balaban J connectivity index is 2.24. The van der Waals surface area contributed by atoms with Crippen molar-refractivity contribution in [1.29, 1.82) is 0 Å². The van der Waals surface area contributed by atoms with Gasteiger partial charge in [-0.2, -0.15) is 0 Å². The number of halogens is 2. The minimum atomic E-state index is -1.07. The van der Waals surface area contributed by atoms with Crippen LogP contribution in [-0.4, -0.2) is 21.7 Å². The lowest BCUT2D eigenvalue weighted by molar-refractivity contribution is -0.145. The molecule has 0 radical (unpaired) electrons. The van der Waals surface area contributed by atoms with E-state index in [0.29, 0.717) is 11.3 Å². The van der Waals surface area contributed by atoms with Crippen LogP contribution in [0.5, 0.6) is 0 Å². The van der Waals surface area contributed by atoms with Crippen molar-refractivity contribution in [3.05, 3.63) is 64.7 Å². The molecule has 7 heteroatoms. The molecule has 2 amide bonds. The molecule has 0 fully saturated rings. The topological polar surface area (TPSA) is 76.3 Å². The Labute approximate surface area is 131 Å². The minimum Gasteiger partial charge on any atom is -0.361 e. The van der Waals surface area contributed by atoms with Crippen molar-refractivity contribution < 1.29 is 14.0 Å². The third-order valence-corrected chi connectivity index (χ3v) is 3.31. The largest absolute Gasteiger partial charge is 0.361 e. The summed E-state index contributed by atoms with van der Waals surface area (Å²) in [5.74, 6) is -2.41. The minimum absolute atomic E-state index is 0.0253. The fraction of sp³-hybridized carbons (Fsp3) is 0.133. The molecule has 1 aromatic heterocycles. The molecule has 0 atom stereocenters. The van der Waals surface area contributed by atoms with Gasteiger partial charge in [-0.05, 0) is 29.8 Å². The Morgan fingerprint density at radius 2 is 2.00 bits per heavy atom. The van der Waals surface area contributed by atoms with E-state index in [2.05, 4.69) is 4.98 Å². The third kappa shape index (κ3) is 4.02. The molecule has 5 nitrogen and oxygen atoms in total. The number of carbonyl (C=O) groups excluding carboxylic acids is 2. The van der Waals surface area contributed by atoms with Gasteiger partial charge in [0.2, 0.25) is 0 Å². The van der Waals surface area contributed by atoms with Crippen LogP contribution in [0.15, 0.2) is 42.6 Å². The normalized spacial score (nSPS) is 10.3. The maximum absolute atomic E-state index is 13.1. The lowest BCUT2D eigenvalue weighted by atomic mass is 10.2. The Hall–Kier alpha value is -2.47. The second kappa shape index (κ2) is 7.00. The SMILES string of the molecule is NC(=O)C(=O)N(Cc1ccccn1)Cc1ccc(F)cc1Cl. The Kier molecular flexibility index (Phi) is 5.06. The van der Waals surface area contributed by atoms with Gasteiger partial charge in [0.15, 0.2) is 0 Å². The van der Waals surface area contributed by atoms with Gasteiger partial charge >= 0.3 is 11.8 Å². The van der Waals surface area contributed by atoms with Gasteiger partial charge in [0, 0.05) is 17.8 Å². The maximum Gasteiger partial charge on any atom is 0.312 e. The molecular weight excluding hydrogens is 309 g/mol. The van der Waals surface area contributed by atoms with Gasteiger partial charge in [0.1, 0.15) is 5.82 Å². The number of hydrogen-bond donors (Lipinski definition) is 1. The molecule has 0 bridgehead atoms. The molecular formula is C15H13ClFN3O2. The first-order valence-corrected chi connectivity index (χ1v) is 6.77. The quantitative estimate of drug-likeness (QED) is 0.874. The number of pyridine rings is 1. The molecule has 114 valence electrons. The van der Waals surface area contributed by atoms with Crippen molar-refractivity contribution in [2.24, 2.45) is 5.73 Å². The average Bonchev–Trinajstić information content (AvgIpc) is 2.49. The van der Waals surface area contributed by atoms with Crippen molar-refractivity contribution >= 4 is 23.4 Å². The van der Waals surface area contributed by atoms with E-state index in [-0.39, 0.29) is 18.1 Å². The van der Waals surface area contributed by atoms with E-state index in [4.69, 9.17) is 17.3 Å². The van der Waals surface area contributed by atoms with Crippen molar-refractivity contribution in [2.45, 2.75) is 13.1 Å². The zero-order valence-corrected chi connectivity index (χ0v) is 12.3. The van der Waals surface area contributed by atoms with Crippen LogP contribution < -0.4 is 5.73 Å². The fourth-order valence-corrected chi connectivity index (χ4v) is 2.13. The van der Waals surface area contributed by atoms with Crippen molar-refractivity contribution in [1.82, 2.24) is 9.88 Å². The Bertz CT molecular complexity index is 694. The maximum atomic E-state index is 13.1. The molecule has 0 aliphatic rings. The van der Waals surface area contributed by atoms with Gasteiger partial charge in [-0.15, -0.1) is 0 Å². The van der Waals surface area contributed by atoms with Crippen molar-refractivity contribution in [3.63, 3.8) is 0 Å². The number of carbonyl (C=O) groups is 2. The fourth-order valence-electron chi connectivity index (χ4n) is 1.90. The van der Waals surface area contributed by atoms with Gasteiger partial charge in [0.25, 0.3) is 0 Å². The first-order chi connectivity index (χ1) is 10.5. The number of benzene rings is 1. The predicted octanol–water partition coefficient (Wildman–Crippen LogP) is 1.89. The lowest BCUT2D eigenvalue weighted by Gasteiger charge is -2.21. The first kappa shape index (κ1) is 15.9. The van der Waals surface area contributed by atoms with Crippen LogP contribution in [0, 0.1) is 5.82 Å². The van der Waals surface area contributed by atoms with Crippen molar-refractivity contribution in [3.8, 4) is 0 Å². The summed E-state index contributed by atoms with van der Waals surface area (Å²) in [4.78, 5) is 28.4. The molecule has 0 aliphatic heterocycles. The predicted molar refractivity (Wildman–Crippen MR) is 79.1 cm³/mol. The molecule has 0 saturated heterocycles. The van der Waals surface area contributed by atoms with Gasteiger partial charge in [0.05, 0.1) is 12.2 Å². The van der Waals surface area contributed by atoms with Crippen LogP contribution >= 0.6 is 11.6 Å². The standard InChI is InChI=1S/C15H13ClFN3O2/c16-13-7-11(17)5-4-10(13)8-20(15(22)14(18)21)9-12-3-1-2-6-19-12/h1-7H,8-9H2,(H2,18,21). The Morgan fingerprint density at radius 1 is 1.23 bits per heavy atom. The molecule has 22 heavy (non-hydrogen) atoms. The van der Waals surface area contributed by atoms with Gasteiger partial charge in [-0.1, -0.05) is 23.7 Å². The molecule has 2 aromatic rings. The number of hydrogen-bond acceptors (Lipinski definition) is 3. The summed E-state index contributed by atoms with van der Waals surface area (Å²) in [5, 5.41) is 0.170. The van der Waals surface area contributed by atoms with E-state index in [0.717, 1.165) is 6.07 Å². The molecule has 0 unspecified atom stereocenters. The summed E-state index contributed by atoms with van der Waals surface area (Å²) in [6, 6.07) is 9.05. The van der Waals surface area contributed by atoms with Crippen LogP contribution in [-0.2, 0) is 22.7 Å². The van der Waals surface area contributed by atoms with Gasteiger partial charge in [-0.25, -0.2) is 4.39 Å². The molecule has 1 aromatic carbocycles. The molecule has 0 aliphatic carbocycles.